The lowest BCUT2D eigenvalue weighted by Gasteiger charge is -2.35. The number of piperazine rings is 1. The SMILES string of the molecule is COc1ccc(C(=O)N2CCN(c3nc(C)cc(N4CCCCC4)n3)CC2)cc1F. The van der Waals surface area contributed by atoms with Crippen LogP contribution in [0.1, 0.15) is 35.3 Å². The number of halogens is 1. The zero-order valence-corrected chi connectivity index (χ0v) is 17.6. The van der Waals surface area contributed by atoms with E-state index in [1.807, 2.05) is 13.0 Å². The highest BCUT2D eigenvalue weighted by molar-refractivity contribution is 5.94. The highest BCUT2D eigenvalue weighted by atomic mass is 19.1. The molecule has 0 N–H and O–H groups in total. The molecule has 8 heteroatoms. The molecule has 2 saturated heterocycles. The standard InChI is InChI=1S/C22H28FN5O2/c1-16-14-20(26-8-4-3-5-9-26)25-22(24-16)28-12-10-27(11-13-28)21(29)17-6-7-19(30-2)18(23)15-17/h6-7,14-15H,3-5,8-13H2,1-2H3. The summed E-state index contributed by atoms with van der Waals surface area (Å²) in [7, 11) is 1.41. The minimum Gasteiger partial charge on any atom is -0.494 e. The number of aryl methyl sites for hydroxylation is 1. The van der Waals surface area contributed by atoms with Crippen molar-refractivity contribution in [3.05, 3.63) is 41.3 Å². The van der Waals surface area contributed by atoms with E-state index in [1.54, 1.807) is 11.0 Å². The largest absolute Gasteiger partial charge is 0.494 e. The van der Waals surface area contributed by atoms with E-state index in [-0.39, 0.29) is 11.7 Å². The second-order valence-corrected chi connectivity index (χ2v) is 7.84. The minimum absolute atomic E-state index is 0.137. The Bertz CT molecular complexity index is 908. The fourth-order valence-electron chi connectivity index (χ4n) is 4.05. The number of piperidine rings is 1. The molecule has 1 aromatic heterocycles. The van der Waals surface area contributed by atoms with Crippen molar-refractivity contribution in [1.29, 1.82) is 0 Å². The number of methoxy groups -OCH3 is 1. The third-order valence-electron chi connectivity index (χ3n) is 5.76. The van der Waals surface area contributed by atoms with Gasteiger partial charge < -0.3 is 19.4 Å². The molecule has 2 aliphatic heterocycles. The predicted molar refractivity (Wildman–Crippen MR) is 114 cm³/mol. The van der Waals surface area contributed by atoms with Crippen molar-refractivity contribution < 1.29 is 13.9 Å². The molecule has 2 aromatic rings. The topological polar surface area (TPSA) is 61.8 Å². The van der Waals surface area contributed by atoms with Crippen LogP contribution in [0.3, 0.4) is 0 Å². The van der Waals surface area contributed by atoms with E-state index in [0.29, 0.717) is 31.7 Å². The Balaban J connectivity index is 1.42. The number of anilines is 2. The van der Waals surface area contributed by atoms with Gasteiger partial charge >= 0.3 is 0 Å². The van der Waals surface area contributed by atoms with Gasteiger partial charge in [0.15, 0.2) is 11.6 Å². The second kappa shape index (κ2) is 8.85. The molecule has 0 unspecified atom stereocenters. The summed E-state index contributed by atoms with van der Waals surface area (Å²) < 4.78 is 18.9. The van der Waals surface area contributed by atoms with Gasteiger partial charge in [-0.15, -0.1) is 0 Å². The molecule has 2 aliphatic rings. The molecule has 0 bridgehead atoms. The van der Waals surface area contributed by atoms with Crippen LogP contribution in [0.4, 0.5) is 16.2 Å². The van der Waals surface area contributed by atoms with Crippen LogP contribution >= 0.6 is 0 Å². The lowest BCUT2D eigenvalue weighted by molar-refractivity contribution is 0.0745. The molecule has 3 heterocycles. The van der Waals surface area contributed by atoms with Crippen LogP contribution < -0.4 is 14.5 Å². The van der Waals surface area contributed by atoms with Gasteiger partial charge in [0.1, 0.15) is 5.82 Å². The molecule has 0 saturated carbocycles. The van der Waals surface area contributed by atoms with Gasteiger partial charge in [0.2, 0.25) is 5.95 Å². The number of nitrogens with zero attached hydrogens (tertiary/aromatic N) is 5. The molecular formula is C22H28FN5O2. The molecule has 0 spiro atoms. The van der Waals surface area contributed by atoms with Crippen molar-refractivity contribution in [2.24, 2.45) is 0 Å². The number of hydrogen-bond acceptors (Lipinski definition) is 6. The Morgan fingerprint density at radius 3 is 2.37 bits per heavy atom. The quantitative estimate of drug-likeness (QED) is 0.768. The van der Waals surface area contributed by atoms with Gasteiger partial charge in [0.25, 0.3) is 5.91 Å². The second-order valence-electron chi connectivity index (χ2n) is 7.84. The lowest BCUT2D eigenvalue weighted by atomic mass is 10.1. The maximum atomic E-state index is 14.0. The smallest absolute Gasteiger partial charge is 0.254 e. The number of ether oxygens (including phenoxy) is 1. The maximum absolute atomic E-state index is 14.0. The van der Waals surface area contributed by atoms with Gasteiger partial charge in [-0.3, -0.25) is 4.79 Å². The highest BCUT2D eigenvalue weighted by Crippen LogP contribution is 2.23. The van der Waals surface area contributed by atoms with Crippen LogP contribution in [0.5, 0.6) is 5.75 Å². The zero-order chi connectivity index (χ0) is 21.1. The maximum Gasteiger partial charge on any atom is 0.254 e. The first kappa shape index (κ1) is 20.4. The summed E-state index contributed by atoms with van der Waals surface area (Å²) >= 11 is 0. The van der Waals surface area contributed by atoms with Crippen molar-refractivity contribution in [2.45, 2.75) is 26.2 Å². The Morgan fingerprint density at radius 1 is 0.967 bits per heavy atom. The molecule has 4 rings (SSSR count). The van der Waals surface area contributed by atoms with Gasteiger partial charge in [-0.25, -0.2) is 9.37 Å². The van der Waals surface area contributed by atoms with E-state index in [0.717, 1.165) is 30.5 Å². The van der Waals surface area contributed by atoms with Gasteiger partial charge in [-0.1, -0.05) is 0 Å². The van der Waals surface area contributed by atoms with Crippen molar-refractivity contribution in [1.82, 2.24) is 14.9 Å². The number of rotatable bonds is 4. The average Bonchev–Trinajstić information content (AvgIpc) is 2.79. The molecule has 0 radical (unpaired) electrons. The van der Waals surface area contributed by atoms with Crippen molar-refractivity contribution >= 4 is 17.7 Å². The third-order valence-corrected chi connectivity index (χ3v) is 5.76. The fourth-order valence-corrected chi connectivity index (χ4v) is 4.05. The summed E-state index contributed by atoms with van der Waals surface area (Å²) in [4.78, 5) is 28.4. The van der Waals surface area contributed by atoms with Crippen LogP contribution in [-0.2, 0) is 0 Å². The number of aromatic nitrogens is 2. The Labute approximate surface area is 176 Å². The van der Waals surface area contributed by atoms with Gasteiger partial charge in [-0.2, -0.15) is 4.98 Å². The van der Waals surface area contributed by atoms with Crippen LogP contribution in [0, 0.1) is 12.7 Å². The number of amides is 1. The van der Waals surface area contributed by atoms with Crippen molar-refractivity contribution in [3.8, 4) is 5.75 Å². The number of carbonyl (C=O) groups is 1. The summed E-state index contributed by atoms with van der Waals surface area (Å²) in [6, 6.07) is 6.38. The van der Waals surface area contributed by atoms with Gasteiger partial charge in [0, 0.05) is 56.6 Å². The Morgan fingerprint density at radius 2 is 1.70 bits per heavy atom. The number of hydrogen-bond donors (Lipinski definition) is 0. The van der Waals surface area contributed by atoms with Crippen molar-refractivity contribution in [3.63, 3.8) is 0 Å². The molecule has 160 valence electrons. The first-order valence-electron chi connectivity index (χ1n) is 10.5. The first-order valence-corrected chi connectivity index (χ1v) is 10.5. The molecular weight excluding hydrogens is 385 g/mol. The summed E-state index contributed by atoms with van der Waals surface area (Å²) in [5.41, 5.74) is 1.29. The highest BCUT2D eigenvalue weighted by Gasteiger charge is 2.25. The summed E-state index contributed by atoms with van der Waals surface area (Å²) in [5.74, 6) is 1.15. The minimum atomic E-state index is -0.527. The monoisotopic (exact) mass is 413 g/mol. The van der Waals surface area contributed by atoms with Crippen LogP contribution in [-0.4, -0.2) is 67.2 Å². The number of carbonyl (C=O) groups excluding carboxylic acids is 1. The third kappa shape index (κ3) is 4.32. The summed E-state index contributed by atoms with van der Waals surface area (Å²) in [6.07, 6.45) is 3.68. The summed E-state index contributed by atoms with van der Waals surface area (Å²) in [6.45, 7) is 6.45. The first-order chi connectivity index (χ1) is 14.5. The Hall–Kier alpha value is -2.90. The molecule has 1 amide bonds. The van der Waals surface area contributed by atoms with E-state index in [9.17, 15) is 9.18 Å². The van der Waals surface area contributed by atoms with E-state index >= 15 is 0 Å². The number of benzene rings is 1. The van der Waals surface area contributed by atoms with E-state index in [4.69, 9.17) is 9.72 Å². The molecule has 2 fully saturated rings. The normalized spacial score (nSPS) is 17.2. The van der Waals surface area contributed by atoms with Gasteiger partial charge in [0.05, 0.1) is 7.11 Å². The zero-order valence-electron chi connectivity index (χ0n) is 17.6. The van der Waals surface area contributed by atoms with Gasteiger partial charge in [-0.05, 0) is 44.4 Å². The molecule has 7 nitrogen and oxygen atoms in total. The average molecular weight is 413 g/mol. The van der Waals surface area contributed by atoms with Crippen LogP contribution in [0.25, 0.3) is 0 Å². The molecule has 0 aliphatic carbocycles. The van der Waals surface area contributed by atoms with Crippen LogP contribution in [0.15, 0.2) is 24.3 Å². The fraction of sp³-hybridized carbons (Fsp3) is 0.500. The molecule has 1 aromatic carbocycles. The molecule has 0 atom stereocenters. The van der Waals surface area contributed by atoms with Crippen LogP contribution in [0.2, 0.25) is 0 Å². The van der Waals surface area contributed by atoms with E-state index in [1.165, 1.54) is 38.5 Å². The predicted octanol–water partition coefficient (Wildman–Crippen LogP) is 2.89. The lowest BCUT2D eigenvalue weighted by Crippen LogP contribution is -2.49. The summed E-state index contributed by atoms with van der Waals surface area (Å²) in [5, 5.41) is 0. The molecule has 30 heavy (non-hydrogen) atoms. The Kier molecular flexibility index (Phi) is 6.01. The van der Waals surface area contributed by atoms with Crippen molar-refractivity contribution in [2.75, 3.05) is 56.2 Å². The van der Waals surface area contributed by atoms with E-state index < -0.39 is 5.82 Å². The van der Waals surface area contributed by atoms with E-state index in [2.05, 4.69) is 14.8 Å².